The van der Waals surface area contributed by atoms with Gasteiger partial charge < -0.3 is 20.3 Å². The molecule has 2 amide bonds. The number of hydrogen-bond acceptors (Lipinski definition) is 5. The second kappa shape index (κ2) is 10.0. The molecular formula is C25H18Cl2N4O4. The van der Waals surface area contributed by atoms with Gasteiger partial charge in [-0.15, -0.1) is 0 Å². The molecule has 10 heteroatoms. The third-order valence-electron chi connectivity index (χ3n) is 5.12. The molecule has 176 valence electrons. The van der Waals surface area contributed by atoms with Crippen molar-refractivity contribution in [1.82, 2.24) is 9.55 Å². The van der Waals surface area contributed by atoms with Gasteiger partial charge in [0.1, 0.15) is 11.6 Å². The number of hydrogen-bond donors (Lipinski definition) is 3. The highest BCUT2D eigenvalue weighted by Crippen LogP contribution is 2.32. The predicted octanol–water partition coefficient (Wildman–Crippen LogP) is 4.96. The maximum atomic E-state index is 12.9. The van der Waals surface area contributed by atoms with Crippen molar-refractivity contribution in [2.45, 2.75) is 0 Å². The Morgan fingerprint density at radius 3 is 2.37 bits per heavy atom. The summed E-state index contributed by atoms with van der Waals surface area (Å²) in [6.45, 7) is 0. The zero-order valence-electron chi connectivity index (χ0n) is 18.3. The lowest BCUT2D eigenvalue weighted by Gasteiger charge is -2.14. The van der Waals surface area contributed by atoms with E-state index >= 15 is 0 Å². The first-order valence-electron chi connectivity index (χ1n) is 10.3. The van der Waals surface area contributed by atoms with Gasteiger partial charge in [0, 0.05) is 41.7 Å². The fraction of sp³-hybridized carbons (Fsp3) is 0.0400. The van der Waals surface area contributed by atoms with Crippen molar-refractivity contribution in [3.8, 4) is 16.9 Å². The Morgan fingerprint density at radius 2 is 1.69 bits per heavy atom. The van der Waals surface area contributed by atoms with Gasteiger partial charge in [-0.05, 0) is 48.0 Å². The fourth-order valence-electron chi connectivity index (χ4n) is 3.34. The molecule has 2 aromatic heterocycles. The highest BCUT2D eigenvalue weighted by Gasteiger charge is 2.20. The predicted molar refractivity (Wildman–Crippen MR) is 135 cm³/mol. The zero-order chi connectivity index (χ0) is 25.1. The Labute approximate surface area is 209 Å². The number of phenols is 1. The molecule has 35 heavy (non-hydrogen) atoms. The molecule has 2 aromatic carbocycles. The summed E-state index contributed by atoms with van der Waals surface area (Å²) in [5.74, 6) is -1.39. The van der Waals surface area contributed by atoms with E-state index in [4.69, 9.17) is 23.2 Å². The van der Waals surface area contributed by atoms with E-state index in [1.54, 1.807) is 55.7 Å². The fourth-order valence-corrected chi connectivity index (χ4v) is 3.66. The molecule has 4 rings (SSSR count). The number of rotatable bonds is 5. The maximum Gasteiger partial charge on any atom is 0.259 e. The molecular weight excluding hydrogens is 491 g/mol. The van der Waals surface area contributed by atoms with Gasteiger partial charge in [-0.2, -0.15) is 0 Å². The van der Waals surface area contributed by atoms with Gasteiger partial charge in [-0.1, -0.05) is 35.3 Å². The molecule has 0 radical (unpaired) electrons. The first-order chi connectivity index (χ1) is 16.7. The van der Waals surface area contributed by atoms with Gasteiger partial charge in [-0.25, -0.2) is 4.98 Å². The lowest BCUT2D eigenvalue weighted by atomic mass is 10.0. The first kappa shape index (κ1) is 24.0. The summed E-state index contributed by atoms with van der Waals surface area (Å²) in [5.41, 5.74) is 1.04. The number of carbonyl (C=O) groups excluding carboxylic acids is 2. The molecule has 0 aliphatic rings. The minimum atomic E-state index is -0.650. The van der Waals surface area contributed by atoms with E-state index in [-0.39, 0.29) is 39.0 Å². The second-order valence-corrected chi connectivity index (χ2v) is 8.41. The third kappa shape index (κ3) is 5.34. The number of halogens is 2. The number of aromatic hydroxyl groups is 1. The lowest BCUT2D eigenvalue weighted by Crippen LogP contribution is -2.19. The second-order valence-electron chi connectivity index (χ2n) is 7.53. The van der Waals surface area contributed by atoms with Crippen molar-refractivity contribution >= 4 is 46.5 Å². The Morgan fingerprint density at radius 1 is 0.943 bits per heavy atom. The smallest absolute Gasteiger partial charge is 0.259 e. The van der Waals surface area contributed by atoms with Crippen LogP contribution in [0.15, 0.2) is 77.9 Å². The molecule has 0 bridgehead atoms. The van der Waals surface area contributed by atoms with Crippen LogP contribution in [0.5, 0.6) is 5.75 Å². The van der Waals surface area contributed by atoms with E-state index < -0.39 is 11.8 Å². The van der Waals surface area contributed by atoms with E-state index in [1.807, 2.05) is 0 Å². The number of nitrogens with zero attached hydrogens (tertiary/aromatic N) is 2. The SMILES string of the molecule is Cn1cccc(-c2ccc(C(=O)Nc3c(O)cc(Cl)cc3C(=O)Nc3ccc(Cl)cn3)cc2)c1=O. The molecule has 0 saturated carbocycles. The summed E-state index contributed by atoms with van der Waals surface area (Å²) in [6, 6.07) is 15.4. The van der Waals surface area contributed by atoms with Crippen LogP contribution < -0.4 is 16.2 Å². The van der Waals surface area contributed by atoms with Gasteiger partial charge in [0.05, 0.1) is 16.3 Å². The van der Waals surface area contributed by atoms with Gasteiger partial charge in [0.15, 0.2) is 0 Å². The number of carbonyl (C=O) groups is 2. The van der Waals surface area contributed by atoms with Gasteiger partial charge in [0.25, 0.3) is 17.4 Å². The lowest BCUT2D eigenvalue weighted by molar-refractivity contribution is 0.102. The summed E-state index contributed by atoms with van der Waals surface area (Å²) >= 11 is 11.8. The highest BCUT2D eigenvalue weighted by molar-refractivity contribution is 6.32. The summed E-state index contributed by atoms with van der Waals surface area (Å²) in [7, 11) is 1.66. The number of pyridine rings is 2. The van der Waals surface area contributed by atoms with Crippen LogP contribution in [0, 0.1) is 0 Å². The van der Waals surface area contributed by atoms with Crippen molar-refractivity contribution in [1.29, 1.82) is 0 Å². The van der Waals surface area contributed by atoms with Crippen molar-refractivity contribution < 1.29 is 14.7 Å². The third-order valence-corrected chi connectivity index (χ3v) is 5.56. The average Bonchev–Trinajstić information content (AvgIpc) is 2.84. The number of phenolic OH excluding ortho intramolecular Hbond substituents is 1. The van der Waals surface area contributed by atoms with E-state index in [1.165, 1.54) is 29.0 Å². The Balaban J connectivity index is 1.59. The molecule has 8 nitrogen and oxygen atoms in total. The molecule has 3 N–H and O–H groups in total. The van der Waals surface area contributed by atoms with E-state index in [2.05, 4.69) is 15.6 Å². The molecule has 0 spiro atoms. The Hall–Kier alpha value is -4.14. The number of amides is 2. The van der Waals surface area contributed by atoms with Crippen molar-refractivity contribution in [2.75, 3.05) is 10.6 Å². The molecule has 4 aromatic rings. The van der Waals surface area contributed by atoms with Crippen LogP contribution in [0.4, 0.5) is 11.5 Å². The zero-order valence-corrected chi connectivity index (χ0v) is 19.8. The standard InChI is InChI=1S/C25H18Cl2N4O4/c1-31-10-2-3-18(25(31)35)14-4-6-15(7-5-14)23(33)30-22-19(11-17(27)12-20(22)32)24(34)29-21-9-8-16(26)13-28-21/h2-13,32H,1H3,(H,30,33)(H,28,29,34). The van der Waals surface area contributed by atoms with Crippen molar-refractivity contribution in [2.24, 2.45) is 7.05 Å². The quantitative estimate of drug-likeness (QED) is 0.329. The summed E-state index contributed by atoms with van der Waals surface area (Å²) in [4.78, 5) is 42.1. The van der Waals surface area contributed by atoms with Gasteiger partial charge in [0.2, 0.25) is 0 Å². The van der Waals surface area contributed by atoms with Gasteiger partial charge in [-0.3, -0.25) is 14.4 Å². The molecule has 0 aliphatic carbocycles. The number of aryl methyl sites for hydroxylation is 1. The van der Waals surface area contributed by atoms with Gasteiger partial charge >= 0.3 is 0 Å². The summed E-state index contributed by atoms with van der Waals surface area (Å²) in [5, 5.41) is 16.0. The Bertz CT molecular complexity index is 1480. The monoisotopic (exact) mass is 508 g/mol. The number of benzene rings is 2. The number of aromatic nitrogens is 2. The molecule has 0 atom stereocenters. The van der Waals surface area contributed by atoms with Crippen LogP contribution >= 0.6 is 23.2 Å². The molecule has 0 saturated heterocycles. The van der Waals surface area contributed by atoms with Crippen molar-refractivity contribution in [3.05, 3.63) is 105 Å². The van der Waals surface area contributed by atoms with Crippen LogP contribution in [0.2, 0.25) is 10.0 Å². The highest BCUT2D eigenvalue weighted by atomic mass is 35.5. The topological polar surface area (TPSA) is 113 Å². The minimum absolute atomic E-state index is 0.0653. The minimum Gasteiger partial charge on any atom is -0.506 e. The largest absolute Gasteiger partial charge is 0.506 e. The van der Waals surface area contributed by atoms with E-state index in [0.717, 1.165) is 0 Å². The van der Waals surface area contributed by atoms with Crippen LogP contribution in [0.3, 0.4) is 0 Å². The van der Waals surface area contributed by atoms with Crippen LogP contribution in [0.25, 0.3) is 11.1 Å². The molecule has 0 fully saturated rings. The Kier molecular flexibility index (Phi) is 6.86. The molecule has 0 aliphatic heterocycles. The maximum absolute atomic E-state index is 12.9. The molecule has 0 unspecified atom stereocenters. The first-order valence-corrected chi connectivity index (χ1v) is 11.0. The normalized spacial score (nSPS) is 10.6. The number of nitrogens with one attached hydrogen (secondary N) is 2. The summed E-state index contributed by atoms with van der Waals surface area (Å²) < 4.78 is 1.46. The van der Waals surface area contributed by atoms with Crippen LogP contribution in [-0.4, -0.2) is 26.5 Å². The van der Waals surface area contributed by atoms with E-state index in [9.17, 15) is 19.5 Å². The van der Waals surface area contributed by atoms with Crippen LogP contribution in [-0.2, 0) is 7.05 Å². The molecule has 2 heterocycles. The van der Waals surface area contributed by atoms with Crippen LogP contribution in [0.1, 0.15) is 20.7 Å². The van der Waals surface area contributed by atoms with E-state index in [0.29, 0.717) is 16.1 Å². The number of anilines is 2. The van der Waals surface area contributed by atoms with Crippen molar-refractivity contribution in [3.63, 3.8) is 0 Å². The average molecular weight is 509 g/mol. The summed E-state index contributed by atoms with van der Waals surface area (Å²) in [6.07, 6.45) is 3.02.